The maximum Gasteiger partial charge on any atom is 0.407 e. The Bertz CT molecular complexity index is 477. The van der Waals surface area contributed by atoms with Crippen molar-refractivity contribution in [2.45, 2.75) is 45.8 Å². The van der Waals surface area contributed by atoms with Gasteiger partial charge in [0.2, 0.25) is 0 Å². The van der Waals surface area contributed by atoms with Crippen LogP contribution in [0.1, 0.15) is 45.7 Å². The summed E-state index contributed by atoms with van der Waals surface area (Å²) in [7, 11) is 0. The van der Waals surface area contributed by atoms with Crippen LogP contribution >= 0.6 is 0 Å². The van der Waals surface area contributed by atoms with Gasteiger partial charge in [-0.2, -0.15) is 0 Å². The van der Waals surface area contributed by atoms with E-state index in [-0.39, 0.29) is 17.5 Å². The first-order chi connectivity index (χ1) is 10.2. The molecule has 0 aliphatic carbocycles. The van der Waals surface area contributed by atoms with Crippen molar-refractivity contribution in [3.8, 4) is 11.5 Å². The molecule has 0 aliphatic rings. The summed E-state index contributed by atoms with van der Waals surface area (Å²) in [6.45, 7) is 8.42. The number of phenols is 2. The number of nitrogens with one attached hydrogen (secondary N) is 2. The predicted molar refractivity (Wildman–Crippen MR) is 85.0 cm³/mol. The van der Waals surface area contributed by atoms with Crippen LogP contribution in [0.5, 0.6) is 11.5 Å². The van der Waals surface area contributed by atoms with E-state index in [2.05, 4.69) is 10.6 Å². The third kappa shape index (κ3) is 6.22. The maximum absolute atomic E-state index is 11.4. The molecule has 4 N–H and O–H groups in total. The summed E-state index contributed by atoms with van der Waals surface area (Å²) in [6, 6.07) is 4.47. The number of phenolic OH excluding ortho intramolecular Hbond substituents is 2. The van der Waals surface area contributed by atoms with Gasteiger partial charge in [0.25, 0.3) is 0 Å². The highest BCUT2D eigenvalue weighted by molar-refractivity contribution is 5.67. The first-order valence-electron chi connectivity index (χ1n) is 7.42. The lowest BCUT2D eigenvalue weighted by molar-refractivity contribution is 0.0527. The van der Waals surface area contributed by atoms with Crippen molar-refractivity contribution in [3.05, 3.63) is 23.8 Å². The van der Waals surface area contributed by atoms with Crippen LogP contribution in [0.25, 0.3) is 0 Å². The molecule has 1 amide bonds. The van der Waals surface area contributed by atoms with E-state index in [0.29, 0.717) is 25.1 Å². The molecule has 1 unspecified atom stereocenters. The van der Waals surface area contributed by atoms with Crippen LogP contribution in [0.15, 0.2) is 18.2 Å². The summed E-state index contributed by atoms with van der Waals surface area (Å²) in [4.78, 5) is 11.4. The molecule has 1 rings (SSSR count). The quantitative estimate of drug-likeness (QED) is 0.606. The first-order valence-corrected chi connectivity index (χ1v) is 7.42. The minimum atomic E-state index is -0.501. The zero-order valence-corrected chi connectivity index (χ0v) is 13.6. The normalized spacial score (nSPS) is 12.7. The number of hydrogen-bond donors (Lipinski definition) is 4. The average molecular weight is 310 g/mol. The van der Waals surface area contributed by atoms with E-state index in [0.717, 1.165) is 0 Å². The van der Waals surface area contributed by atoms with Crippen LogP contribution in [0.2, 0.25) is 0 Å². The van der Waals surface area contributed by atoms with Crippen LogP contribution in [0.3, 0.4) is 0 Å². The fraction of sp³-hybridized carbons (Fsp3) is 0.562. The van der Waals surface area contributed by atoms with E-state index in [1.54, 1.807) is 6.07 Å². The average Bonchev–Trinajstić information content (AvgIpc) is 2.35. The Morgan fingerprint density at radius 2 is 1.82 bits per heavy atom. The summed E-state index contributed by atoms with van der Waals surface area (Å²) < 4.78 is 5.13. The molecule has 0 fully saturated rings. The Labute approximate surface area is 131 Å². The molecule has 6 nitrogen and oxygen atoms in total. The highest BCUT2D eigenvalue weighted by Crippen LogP contribution is 2.31. The molecule has 1 aromatic carbocycles. The van der Waals surface area contributed by atoms with E-state index >= 15 is 0 Å². The Hall–Kier alpha value is -1.95. The van der Waals surface area contributed by atoms with Crippen LogP contribution in [-0.4, -0.2) is 35.0 Å². The van der Waals surface area contributed by atoms with Crippen molar-refractivity contribution in [2.75, 3.05) is 13.1 Å². The van der Waals surface area contributed by atoms with Crippen LogP contribution in [-0.2, 0) is 4.74 Å². The fourth-order valence-corrected chi connectivity index (χ4v) is 2.00. The lowest BCUT2D eigenvalue weighted by Crippen LogP contribution is -2.34. The topological polar surface area (TPSA) is 90.8 Å². The van der Waals surface area contributed by atoms with Crippen molar-refractivity contribution in [2.24, 2.45) is 0 Å². The minimum absolute atomic E-state index is 0.0619. The molecule has 0 saturated carbocycles. The number of hydrogen-bond acceptors (Lipinski definition) is 5. The molecule has 0 radical (unpaired) electrons. The largest absolute Gasteiger partial charge is 0.507 e. The molecule has 0 spiro atoms. The molecular weight excluding hydrogens is 284 g/mol. The van der Waals surface area contributed by atoms with Crippen molar-refractivity contribution in [3.63, 3.8) is 0 Å². The van der Waals surface area contributed by atoms with Gasteiger partial charge in [0, 0.05) is 12.6 Å². The predicted octanol–water partition coefficient (Wildman–Crippen LogP) is 2.66. The van der Waals surface area contributed by atoms with Gasteiger partial charge in [0.05, 0.1) is 5.56 Å². The summed E-state index contributed by atoms with van der Waals surface area (Å²) in [5.74, 6) is 0.124. The van der Waals surface area contributed by atoms with Gasteiger partial charge in [-0.3, -0.25) is 0 Å². The molecule has 0 bridgehead atoms. The van der Waals surface area contributed by atoms with Gasteiger partial charge in [-0.25, -0.2) is 4.79 Å². The zero-order chi connectivity index (χ0) is 16.8. The zero-order valence-electron chi connectivity index (χ0n) is 13.6. The van der Waals surface area contributed by atoms with Gasteiger partial charge in [-0.15, -0.1) is 0 Å². The van der Waals surface area contributed by atoms with E-state index in [4.69, 9.17) is 4.74 Å². The number of ether oxygens (including phenoxy) is 1. The Morgan fingerprint density at radius 3 is 2.36 bits per heavy atom. The third-order valence-corrected chi connectivity index (χ3v) is 2.97. The van der Waals surface area contributed by atoms with Gasteiger partial charge < -0.3 is 25.6 Å². The Kier molecular flexibility index (Phi) is 6.49. The van der Waals surface area contributed by atoms with Gasteiger partial charge in [0.15, 0.2) is 0 Å². The number of aromatic hydroxyl groups is 2. The van der Waals surface area contributed by atoms with E-state index in [1.807, 2.05) is 27.7 Å². The van der Waals surface area contributed by atoms with Crippen LogP contribution < -0.4 is 10.6 Å². The van der Waals surface area contributed by atoms with Crippen LogP contribution in [0.4, 0.5) is 4.79 Å². The van der Waals surface area contributed by atoms with E-state index < -0.39 is 11.7 Å². The molecule has 0 saturated heterocycles. The standard InChI is InChI=1S/C16H26N2O4/c1-11(14-12(19)7-5-8-13(14)20)17-9-6-10-18-15(21)22-16(2,3)4/h5,7-8,11,17,19-20H,6,9-10H2,1-4H3,(H,18,21). The van der Waals surface area contributed by atoms with Crippen LogP contribution in [0, 0.1) is 0 Å². The summed E-state index contributed by atoms with van der Waals surface area (Å²) in [5.41, 5.74) is -0.0262. The molecule has 22 heavy (non-hydrogen) atoms. The van der Waals surface area contributed by atoms with Crippen molar-refractivity contribution in [1.29, 1.82) is 0 Å². The number of carbonyl (C=O) groups is 1. The Morgan fingerprint density at radius 1 is 1.23 bits per heavy atom. The molecular formula is C16H26N2O4. The number of alkyl carbamates (subject to hydrolysis) is 1. The van der Waals surface area contributed by atoms with Gasteiger partial charge >= 0.3 is 6.09 Å². The summed E-state index contributed by atoms with van der Waals surface area (Å²) in [6.07, 6.45) is 0.275. The number of rotatable bonds is 6. The third-order valence-electron chi connectivity index (χ3n) is 2.97. The second-order valence-electron chi connectivity index (χ2n) is 6.17. The second kappa shape index (κ2) is 7.89. The lowest BCUT2D eigenvalue weighted by Gasteiger charge is -2.20. The number of amides is 1. The molecule has 0 aromatic heterocycles. The van der Waals surface area contributed by atoms with Crippen molar-refractivity contribution >= 4 is 6.09 Å². The highest BCUT2D eigenvalue weighted by atomic mass is 16.6. The second-order valence-corrected chi connectivity index (χ2v) is 6.17. The first kappa shape index (κ1) is 18.1. The maximum atomic E-state index is 11.4. The molecule has 0 aliphatic heterocycles. The van der Waals surface area contributed by atoms with Crippen molar-refractivity contribution < 1.29 is 19.7 Å². The highest BCUT2D eigenvalue weighted by Gasteiger charge is 2.16. The summed E-state index contributed by atoms with van der Waals surface area (Å²) in [5, 5.41) is 25.4. The monoisotopic (exact) mass is 310 g/mol. The van der Waals surface area contributed by atoms with Crippen molar-refractivity contribution in [1.82, 2.24) is 10.6 Å². The smallest absolute Gasteiger partial charge is 0.407 e. The van der Waals surface area contributed by atoms with E-state index in [1.165, 1.54) is 12.1 Å². The van der Waals surface area contributed by atoms with E-state index in [9.17, 15) is 15.0 Å². The molecule has 124 valence electrons. The fourth-order valence-electron chi connectivity index (χ4n) is 2.00. The van der Waals surface area contributed by atoms with Gasteiger partial charge in [0.1, 0.15) is 17.1 Å². The molecule has 6 heteroatoms. The Balaban J connectivity index is 2.29. The summed E-state index contributed by atoms with van der Waals surface area (Å²) >= 11 is 0. The number of benzene rings is 1. The lowest BCUT2D eigenvalue weighted by atomic mass is 10.1. The molecule has 0 heterocycles. The minimum Gasteiger partial charge on any atom is -0.507 e. The SMILES string of the molecule is CC(NCCCNC(=O)OC(C)(C)C)c1c(O)cccc1O. The molecule has 1 aromatic rings. The molecule has 1 atom stereocenters. The number of carbonyl (C=O) groups excluding carboxylic acids is 1. The van der Waals surface area contributed by atoms with Gasteiger partial charge in [-0.1, -0.05) is 6.07 Å². The van der Waals surface area contributed by atoms with Gasteiger partial charge in [-0.05, 0) is 52.8 Å².